The third-order valence-corrected chi connectivity index (χ3v) is 3.23. The van der Waals surface area contributed by atoms with Gasteiger partial charge in [0.05, 0.1) is 16.4 Å². The van der Waals surface area contributed by atoms with Gasteiger partial charge in [-0.15, -0.1) is 0 Å². The number of aliphatic carboxylic acids is 1. The van der Waals surface area contributed by atoms with Crippen LogP contribution in [0.5, 0.6) is 0 Å². The van der Waals surface area contributed by atoms with E-state index in [-0.39, 0.29) is 0 Å². The summed E-state index contributed by atoms with van der Waals surface area (Å²) in [6, 6.07) is 5.53. The Morgan fingerprint density at radius 3 is 2.72 bits per heavy atom. The lowest BCUT2D eigenvalue weighted by atomic mass is 10.2. The maximum absolute atomic E-state index is 10.4. The van der Waals surface area contributed by atoms with Crippen molar-refractivity contribution in [3.8, 4) is 5.69 Å². The summed E-state index contributed by atoms with van der Waals surface area (Å²) in [6.45, 7) is 0. The summed E-state index contributed by atoms with van der Waals surface area (Å²) >= 11 is 6.78. The molecule has 0 atom stereocenters. The van der Waals surface area contributed by atoms with E-state index in [1.807, 2.05) is 24.4 Å². The zero-order valence-electron chi connectivity index (χ0n) is 9.05. The van der Waals surface area contributed by atoms with E-state index in [1.165, 1.54) is 6.08 Å². The van der Waals surface area contributed by atoms with Crippen molar-refractivity contribution < 1.29 is 9.90 Å². The van der Waals surface area contributed by atoms with Gasteiger partial charge in [-0.05, 0) is 55.6 Å². The van der Waals surface area contributed by atoms with Gasteiger partial charge in [-0.25, -0.2) is 9.48 Å². The summed E-state index contributed by atoms with van der Waals surface area (Å²) in [4.78, 5) is 10.4. The molecule has 0 unspecified atom stereocenters. The van der Waals surface area contributed by atoms with Crippen molar-refractivity contribution in [2.75, 3.05) is 0 Å². The lowest BCUT2D eigenvalue weighted by Gasteiger charge is -2.05. The average Bonchev–Trinajstić information content (AvgIpc) is 2.73. The van der Waals surface area contributed by atoms with Crippen LogP contribution in [0.1, 0.15) is 5.56 Å². The van der Waals surface area contributed by atoms with Crippen LogP contribution in [0.15, 0.2) is 45.6 Å². The lowest BCUT2D eigenvalue weighted by Crippen LogP contribution is -1.95. The van der Waals surface area contributed by atoms with E-state index in [2.05, 4.69) is 37.0 Å². The molecule has 0 spiro atoms. The van der Waals surface area contributed by atoms with E-state index in [9.17, 15) is 4.79 Å². The Bertz CT molecular complexity index is 620. The number of hydrogen-bond donors (Lipinski definition) is 1. The Labute approximate surface area is 120 Å². The van der Waals surface area contributed by atoms with Crippen molar-refractivity contribution in [2.45, 2.75) is 0 Å². The molecule has 0 radical (unpaired) electrons. The summed E-state index contributed by atoms with van der Waals surface area (Å²) in [5, 5.41) is 12.7. The topological polar surface area (TPSA) is 55.1 Å². The average molecular weight is 372 g/mol. The van der Waals surface area contributed by atoms with Crippen molar-refractivity contribution in [2.24, 2.45) is 0 Å². The molecule has 2 rings (SSSR count). The fourth-order valence-electron chi connectivity index (χ4n) is 1.41. The van der Waals surface area contributed by atoms with Crippen LogP contribution in [0, 0.1) is 0 Å². The van der Waals surface area contributed by atoms with Gasteiger partial charge < -0.3 is 5.11 Å². The summed E-state index contributed by atoms with van der Waals surface area (Å²) in [5.74, 6) is -0.966. The van der Waals surface area contributed by atoms with Crippen molar-refractivity contribution in [3.63, 3.8) is 0 Å². The normalized spacial score (nSPS) is 11.0. The van der Waals surface area contributed by atoms with E-state index in [1.54, 1.807) is 10.9 Å². The Kier molecular flexibility index (Phi) is 3.98. The van der Waals surface area contributed by atoms with Crippen molar-refractivity contribution in [1.82, 2.24) is 9.78 Å². The highest BCUT2D eigenvalue weighted by molar-refractivity contribution is 9.10. The number of nitrogens with zero attached hydrogens (tertiary/aromatic N) is 2. The first-order chi connectivity index (χ1) is 8.56. The summed E-state index contributed by atoms with van der Waals surface area (Å²) in [7, 11) is 0. The minimum absolute atomic E-state index is 0.805. The smallest absolute Gasteiger partial charge is 0.328 e. The van der Waals surface area contributed by atoms with Crippen LogP contribution in [0.25, 0.3) is 11.8 Å². The molecule has 1 heterocycles. The van der Waals surface area contributed by atoms with Crippen molar-refractivity contribution in [1.29, 1.82) is 0 Å². The second-order valence-corrected chi connectivity index (χ2v) is 5.26. The Balaban J connectivity index is 2.33. The molecule has 1 aromatic carbocycles. The van der Waals surface area contributed by atoms with E-state index in [0.29, 0.717) is 0 Å². The fraction of sp³-hybridized carbons (Fsp3) is 0. The SMILES string of the molecule is O=C(O)/C=C/c1ccc(-n2cc(Br)cn2)c(Br)c1. The number of carbonyl (C=O) groups is 1. The van der Waals surface area contributed by atoms with Crippen LogP contribution in [0.4, 0.5) is 0 Å². The molecule has 6 heteroatoms. The molecule has 2 aromatic rings. The lowest BCUT2D eigenvalue weighted by molar-refractivity contribution is -0.131. The standard InChI is InChI=1S/C12H8Br2N2O2/c13-9-6-15-16(7-9)11-3-1-8(5-10(11)14)2-4-12(17)18/h1-7H,(H,17,18)/b4-2+. The molecule has 0 aliphatic rings. The second-order valence-electron chi connectivity index (χ2n) is 3.49. The van der Waals surface area contributed by atoms with Crippen LogP contribution >= 0.6 is 31.9 Å². The highest BCUT2D eigenvalue weighted by atomic mass is 79.9. The molecular weight excluding hydrogens is 364 g/mol. The largest absolute Gasteiger partial charge is 0.478 e. The first-order valence-electron chi connectivity index (χ1n) is 4.97. The minimum Gasteiger partial charge on any atom is -0.478 e. The minimum atomic E-state index is -0.966. The quantitative estimate of drug-likeness (QED) is 0.840. The maximum Gasteiger partial charge on any atom is 0.328 e. The van der Waals surface area contributed by atoms with Gasteiger partial charge in [-0.1, -0.05) is 6.07 Å². The molecule has 92 valence electrons. The third kappa shape index (κ3) is 3.08. The highest BCUT2D eigenvalue weighted by Crippen LogP contribution is 2.23. The Hall–Kier alpha value is -1.40. The monoisotopic (exact) mass is 370 g/mol. The van der Waals surface area contributed by atoms with Crippen molar-refractivity contribution >= 4 is 43.9 Å². The highest BCUT2D eigenvalue weighted by Gasteiger charge is 2.04. The van der Waals surface area contributed by atoms with Gasteiger partial charge in [0.25, 0.3) is 0 Å². The summed E-state index contributed by atoms with van der Waals surface area (Å²) < 4.78 is 3.45. The first-order valence-corrected chi connectivity index (χ1v) is 6.56. The molecule has 1 N–H and O–H groups in total. The van der Waals surface area contributed by atoms with E-state index in [4.69, 9.17) is 5.11 Å². The number of carboxylic acids is 1. The zero-order valence-corrected chi connectivity index (χ0v) is 12.2. The molecule has 0 aliphatic heterocycles. The Morgan fingerprint density at radius 1 is 1.39 bits per heavy atom. The zero-order chi connectivity index (χ0) is 13.1. The Morgan fingerprint density at radius 2 is 2.17 bits per heavy atom. The molecular formula is C12H8Br2N2O2. The predicted octanol–water partition coefficient (Wildman–Crippen LogP) is 3.50. The number of rotatable bonds is 3. The van der Waals surface area contributed by atoms with Crippen LogP contribution in [0.3, 0.4) is 0 Å². The molecule has 1 aromatic heterocycles. The molecule has 0 bridgehead atoms. The van der Waals surface area contributed by atoms with Crippen LogP contribution < -0.4 is 0 Å². The molecule has 0 saturated heterocycles. The van der Waals surface area contributed by atoms with Gasteiger partial charge in [-0.2, -0.15) is 5.10 Å². The van der Waals surface area contributed by atoms with Gasteiger partial charge in [0.15, 0.2) is 0 Å². The second kappa shape index (κ2) is 5.49. The molecule has 0 saturated carbocycles. The van der Waals surface area contributed by atoms with E-state index < -0.39 is 5.97 Å². The molecule has 4 nitrogen and oxygen atoms in total. The number of hydrogen-bond acceptors (Lipinski definition) is 2. The van der Waals surface area contributed by atoms with Crippen LogP contribution in [-0.2, 0) is 4.79 Å². The van der Waals surface area contributed by atoms with Gasteiger partial charge >= 0.3 is 5.97 Å². The predicted molar refractivity (Wildman–Crippen MR) is 75.6 cm³/mol. The van der Waals surface area contributed by atoms with Crippen molar-refractivity contribution in [3.05, 3.63) is 51.2 Å². The summed E-state index contributed by atoms with van der Waals surface area (Å²) in [5.41, 5.74) is 1.69. The van der Waals surface area contributed by atoms with E-state index in [0.717, 1.165) is 26.3 Å². The number of benzene rings is 1. The summed E-state index contributed by atoms with van der Waals surface area (Å²) in [6.07, 6.45) is 6.18. The number of carboxylic acid groups (broad SMARTS) is 1. The molecule has 0 aliphatic carbocycles. The molecule has 18 heavy (non-hydrogen) atoms. The van der Waals surface area contributed by atoms with Crippen LogP contribution in [0.2, 0.25) is 0 Å². The van der Waals surface area contributed by atoms with Gasteiger partial charge in [-0.3, -0.25) is 0 Å². The van der Waals surface area contributed by atoms with Gasteiger partial charge in [0.1, 0.15) is 0 Å². The molecule has 0 amide bonds. The van der Waals surface area contributed by atoms with Gasteiger partial charge in [0.2, 0.25) is 0 Å². The van der Waals surface area contributed by atoms with Gasteiger partial charge in [0, 0.05) is 16.7 Å². The first kappa shape index (κ1) is 13.0. The van der Waals surface area contributed by atoms with Crippen LogP contribution in [-0.4, -0.2) is 20.9 Å². The number of aromatic nitrogens is 2. The molecule has 0 fully saturated rings. The van der Waals surface area contributed by atoms with E-state index >= 15 is 0 Å². The fourth-order valence-corrected chi connectivity index (χ4v) is 2.28. The maximum atomic E-state index is 10.4. The third-order valence-electron chi connectivity index (χ3n) is 2.19. The number of halogens is 2.